The lowest BCUT2D eigenvalue weighted by Crippen LogP contribution is -2.09. The SMILES string of the molecule is C=C(/C(N=C(c1ccccc1)c1cc(C)cc(-c2ccccc2OC)c1O)=C(\C)C(C)C)C(C)C. The molecule has 0 atom stereocenters. The zero-order valence-corrected chi connectivity index (χ0v) is 22.0. The molecular weight excluding hydrogens is 430 g/mol. The van der Waals surface area contributed by atoms with E-state index in [0.717, 1.165) is 39.2 Å². The van der Waals surface area contributed by atoms with Crippen LogP contribution in [0.4, 0.5) is 0 Å². The number of allylic oxidation sites excluding steroid dienone is 2. The molecule has 0 bridgehead atoms. The van der Waals surface area contributed by atoms with Crippen molar-refractivity contribution in [2.45, 2.75) is 41.5 Å². The Morgan fingerprint density at radius 1 is 0.886 bits per heavy atom. The first-order valence-corrected chi connectivity index (χ1v) is 12.2. The number of benzene rings is 3. The number of aliphatic imine (C=N–C) groups is 1. The van der Waals surface area contributed by atoms with Gasteiger partial charge in [0, 0.05) is 22.3 Å². The number of hydrogen-bond acceptors (Lipinski definition) is 3. The first-order valence-electron chi connectivity index (χ1n) is 12.2. The van der Waals surface area contributed by atoms with Crippen molar-refractivity contribution in [2.24, 2.45) is 16.8 Å². The maximum atomic E-state index is 11.7. The molecule has 182 valence electrons. The Hall–Kier alpha value is -3.59. The van der Waals surface area contributed by atoms with Gasteiger partial charge >= 0.3 is 0 Å². The monoisotopic (exact) mass is 467 g/mol. The zero-order chi connectivity index (χ0) is 25.7. The van der Waals surface area contributed by atoms with Gasteiger partial charge in [-0.05, 0) is 60.6 Å². The van der Waals surface area contributed by atoms with Gasteiger partial charge in [-0.15, -0.1) is 0 Å². The number of para-hydroxylation sites is 1. The van der Waals surface area contributed by atoms with Gasteiger partial charge in [0.2, 0.25) is 0 Å². The van der Waals surface area contributed by atoms with Crippen LogP contribution in [0.5, 0.6) is 11.5 Å². The lowest BCUT2D eigenvalue weighted by molar-refractivity contribution is 0.415. The predicted molar refractivity (Wildman–Crippen MR) is 148 cm³/mol. The van der Waals surface area contributed by atoms with Crippen molar-refractivity contribution in [3.8, 4) is 22.6 Å². The number of rotatable bonds is 8. The van der Waals surface area contributed by atoms with Gasteiger partial charge in [-0.2, -0.15) is 0 Å². The van der Waals surface area contributed by atoms with Gasteiger partial charge in [0.1, 0.15) is 11.5 Å². The quantitative estimate of drug-likeness (QED) is 0.267. The van der Waals surface area contributed by atoms with Crippen molar-refractivity contribution >= 4 is 5.71 Å². The van der Waals surface area contributed by atoms with Gasteiger partial charge in [-0.3, -0.25) is 0 Å². The summed E-state index contributed by atoms with van der Waals surface area (Å²) in [4.78, 5) is 5.24. The van der Waals surface area contributed by atoms with Crippen molar-refractivity contribution in [3.63, 3.8) is 0 Å². The van der Waals surface area contributed by atoms with E-state index in [1.165, 1.54) is 5.57 Å². The van der Waals surface area contributed by atoms with Crippen LogP contribution in [0, 0.1) is 18.8 Å². The van der Waals surface area contributed by atoms with Crippen LogP contribution in [0.2, 0.25) is 0 Å². The van der Waals surface area contributed by atoms with Crippen LogP contribution in [0.3, 0.4) is 0 Å². The second-order valence-electron chi connectivity index (χ2n) is 9.60. The van der Waals surface area contributed by atoms with Crippen molar-refractivity contribution in [3.05, 3.63) is 107 Å². The molecule has 0 aliphatic rings. The number of phenols is 1. The molecule has 0 radical (unpaired) electrons. The van der Waals surface area contributed by atoms with Crippen molar-refractivity contribution in [1.29, 1.82) is 0 Å². The molecule has 0 saturated heterocycles. The molecule has 0 heterocycles. The third kappa shape index (κ3) is 5.74. The largest absolute Gasteiger partial charge is 0.507 e. The van der Waals surface area contributed by atoms with Crippen LogP contribution in [0.15, 0.2) is 95.1 Å². The van der Waals surface area contributed by atoms with Crippen molar-refractivity contribution in [2.75, 3.05) is 7.11 Å². The molecule has 3 nitrogen and oxygen atoms in total. The van der Waals surface area contributed by atoms with Crippen LogP contribution in [0.25, 0.3) is 11.1 Å². The van der Waals surface area contributed by atoms with E-state index in [1.54, 1.807) is 7.11 Å². The average Bonchev–Trinajstić information content (AvgIpc) is 2.85. The van der Waals surface area contributed by atoms with Gasteiger partial charge in [-0.25, -0.2) is 4.99 Å². The highest BCUT2D eigenvalue weighted by Gasteiger charge is 2.21. The molecule has 0 amide bonds. The molecule has 3 aromatic carbocycles. The van der Waals surface area contributed by atoms with E-state index in [0.29, 0.717) is 17.2 Å². The smallest absolute Gasteiger partial charge is 0.132 e. The number of methoxy groups -OCH3 is 1. The van der Waals surface area contributed by atoms with E-state index in [1.807, 2.05) is 73.7 Å². The Balaban J connectivity index is 2.38. The molecule has 0 spiro atoms. The van der Waals surface area contributed by atoms with Gasteiger partial charge in [-0.1, -0.05) is 82.8 Å². The third-order valence-corrected chi connectivity index (χ3v) is 6.42. The summed E-state index contributed by atoms with van der Waals surface area (Å²) in [7, 11) is 1.65. The van der Waals surface area contributed by atoms with E-state index < -0.39 is 0 Å². The molecule has 1 N–H and O–H groups in total. The molecule has 3 aromatic rings. The lowest BCUT2D eigenvalue weighted by atomic mass is 9.91. The third-order valence-electron chi connectivity index (χ3n) is 6.42. The van der Waals surface area contributed by atoms with Gasteiger partial charge < -0.3 is 9.84 Å². The van der Waals surface area contributed by atoms with Gasteiger partial charge in [0.15, 0.2) is 0 Å². The van der Waals surface area contributed by atoms with E-state index in [9.17, 15) is 5.11 Å². The summed E-state index contributed by atoms with van der Waals surface area (Å²) < 4.78 is 5.60. The second-order valence-corrected chi connectivity index (χ2v) is 9.60. The summed E-state index contributed by atoms with van der Waals surface area (Å²) in [6, 6.07) is 21.8. The molecule has 0 aromatic heterocycles. The first kappa shape index (κ1) is 26.0. The van der Waals surface area contributed by atoms with E-state index >= 15 is 0 Å². The second kappa shape index (κ2) is 11.2. The molecule has 0 aliphatic carbocycles. The highest BCUT2D eigenvalue weighted by atomic mass is 16.5. The lowest BCUT2D eigenvalue weighted by Gasteiger charge is -2.20. The molecule has 3 rings (SSSR count). The summed E-state index contributed by atoms with van der Waals surface area (Å²) in [6.45, 7) is 17.2. The number of nitrogens with zero attached hydrogens (tertiary/aromatic N) is 1. The van der Waals surface area contributed by atoms with Gasteiger partial charge in [0.25, 0.3) is 0 Å². The van der Waals surface area contributed by atoms with Crippen LogP contribution >= 0.6 is 0 Å². The molecule has 35 heavy (non-hydrogen) atoms. The molecule has 0 unspecified atom stereocenters. The summed E-state index contributed by atoms with van der Waals surface area (Å²) in [6.07, 6.45) is 0. The summed E-state index contributed by atoms with van der Waals surface area (Å²) in [5, 5.41) is 11.7. The number of phenolic OH excluding ortho intramolecular Hbond substituents is 1. The standard InChI is InChI=1S/C32H37NO2/c1-20(2)23(6)30(24(7)21(3)4)33-31(25-14-10-9-11-15-25)28-19-22(5)18-27(32(28)34)26-16-12-13-17-29(26)35-8/h9-21,34H,6H2,1-5,7-8H3/b30-24-,33-31?. The Kier molecular flexibility index (Phi) is 8.34. The highest BCUT2D eigenvalue weighted by molar-refractivity contribution is 6.16. The fourth-order valence-corrected chi connectivity index (χ4v) is 3.98. The van der Waals surface area contributed by atoms with Crippen molar-refractivity contribution in [1.82, 2.24) is 0 Å². The summed E-state index contributed by atoms with van der Waals surface area (Å²) in [5.74, 6) is 1.45. The first-order chi connectivity index (χ1) is 16.6. The average molecular weight is 468 g/mol. The van der Waals surface area contributed by atoms with Crippen LogP contribution in [0.1, 0.15) is 51.3 Å². The number of aryl methyl sites for hydroxylation is 1. The zero-order valence-electron chi connectivity index (χ0n) is 22.0. The van der Waals surface area contributed by atoms with Crippen LogP contribution < -0.4 is 4.74 Å². The fraction of sp³-hybridized carbons (Fsp3) is 0.281. The van der Waals surface area contributed by atoms with E-state index in [2.05, 4.69) is 41.2 Å². The van der Waals surface area contributed by atoms with Crippen LogP contribution in [-0.4, -0.2) is 17.9 Å². The normalized spacial score (nSPS) is 12.7. The number of ether oxygens (including phenoxy) is 1. The Labute approximate surface area is 210 Å². The molecule has 0 fully saturated rings. The maximum Gasteiger partial charge on any atom is 0.132 e. The molecule has 0 aliphatic heterocycles. The Morgan fingerprint density at radius 3 is 2.11 bits per heavy atom. The van der Waals surface area contributed by atoms with E-state index in [-0.39, 0.29) is 11.7 Å². The maximum absolute atomic E-state index is 11.7. The summed E-state index contributed by atoms with van der Waals surface area (Å²) >= 11 is 0. The Morgan fingerprint density at radius 2 is 1.51 bits per heavy atom. The number of hydrogen-bond donors (Lipinski definition) is 1. The van der Waals surface area contributed by atoms with Crippen molar-refractivity contribution < 1.29 is 9.84 Å². The Bertz CT molecular complexity index is 1260. The highest BCUT2D eigenvalue weighted by Crippen LogP contribution is 2.40. The van der Waals surface area contributed by atoms with Gasteiger partial charge in [0.05, 0.1) is 18.5 Å². The predicted octanol–water partition coefficient (Wildman–Crippen LogP) is 8.36. The topological polar surface area (TPSA) is 41.8 Å². The molecular formula is C32H37NO2. The molecule has 3 heteroatoms. The molecule has 0 saturated carbocycles. The van der Waals surface area contributed by atoms with Crippen LogP contribution in [-0.2, 0) is 0 Å². The summed E-state index contributed by atoms with van der Waals surface area (Å²) in [5.41, 5.74) is 7.98. The minimum Gasteiger partial charge on any atom is -0.507 e. The van der Waals surface area contributed by atoms with E-state index in [4.69, 9.17) is 9.73 Å². The number of aromatic hydroxyl groups is 1. The minimum absolute atomic E-state index is 0.180. The minimum atomic E-state index is 0.180. The fourth-order valence-electron chi connectivity index (χ4n) is 3.98.